The van der Waals surface area contributed by atoms with Crippen LogP contribution in [-0.2, 0) is 6.54 Å². The molecule has 0 fully saturated rings. The lowest BCUT2D eigenvalue weighted by molar-refractivity contribution is 0.0969. The summed E-state index contributed by atoms with van der Waals surface area (Å²) < 4.78 is 1.31. The Labute approximate surface area is 104 Å². The zero-order valence-corrected chi connectivity index (χ0v) is 9.96. The molecule has 0 saturated heterocycles. The quantitative estimate of drug-likeness (QED) is 0.816. The average Bonchev–Trinajstić information content (AvgIpc) is 2.34. The molecular weight excluding hydrogens is 230 g/mol. The maximum Gasteiger partial charge on any atom is 0.256 e. The lowest BCUT2D eigenvalue weighted by Gasteiger charge is -2.08. The molecule has 1 heterocycles. The monoisotopic (exact) mass is 243 g/mol. The summed E-state index contributed by atoms with van der Waals surface area (Å²) in [6.07, 6.45) is 0. The molecule has 0 aliphatic heterocycles. The van der Waals surface area contributed by atoms with Crippen molar-refractivity contribution in [2.75, 3.05) is 5.73 Å². The van der Waals surface area contributed by atoms with Crippen LogP contribution >= 0.6 is 0 Å². The number of rotatable bonds is 3. The van der Waals surface area contributed by atoms with Crippen molar-refractivity contribution in [2.24, 2.45) is 0 Å². The first kappa shape index (κ1) is 12.0. The third kappa shape index (κ3) is 2.45. The van der Waals surface area contributed by atoms with Crippen LogP contribution in [0.15, 0.2) is 41.2 Å². The Hall–Kier alpha value is -2.43. The van der Waals surface area contributed by atoms with Crippen molar-refractivity contribution in [3.63, 3.8) is 0 Å². The molecule has 2 rings (SSSR count). The molecule has 0 saturated carbocycles. The molecule has 1 aromatic heterocycles. The SMILES string of the molecule is Cc1nc(N)cc(=O)n1CC(=O)c1ccccc1. The Morgan fingerprint density at radius 1 is 1.33 bits per heavy atom. The van der Waals surface area contributed by atoms with E-state index in [4.69, 9.17) is 5.73 Å². The summed E-state index contributed by atoms with van der Waals surface area (Å²) in [5.41, 5.74) is 5.72. The minimum atomic E-state index is -0.315. The summed E-state index contributed by atoms with van der Waals surface area (Å²) in [6.45, 7) is 1.62. The summed E-state index contributed by atoms with van der Waals surface area (Å²) >= 11 is 0. The van der Waals surface area contributed by atoms with Gasteiger partial charge in [-0.3, -0.25) is 14.2 Å². The summed E-state index contributed by atoms with van der Waals surface area (Å²) in [7, 11) is 0. The van der Waals surface area contributed by atoms with Crippen molar-refractivity contribution < 1.29 is 4.79 Å². The fourth-order valence-corrected chi connectivity index (χ4v) is 1.69. The smallest absolute Gasteiger partial charge is 0.256 e. The highest BCUT2D eigenvalue weighted by molar-refractivity contribution is 5.95. The third-order valence-electron chi connectivity index (χ3n) is 2.62. The van der Waals surface area contributed by atoms with Gasteiger partial charge in [-0.25, -0.2) is 4.98 Å². The predicted octanol–water partition coefficient (Wildman–Crippen LogP) is 1.02. The molecule has 2 N–H and O–H groups in total. The molecule has 0 aliphatic rings. The first-order valence-electron chi connectivity index (χ1n) is 5.50. The van der Waals surface area contributed by atoms with Crippen LogP contribution < -0.4 is 11.3 Å². The van der Waals surface area contributed by atoms with Crippen LogP contribution in [-0.4, -0.2) is 15.3 Å². The highest BCUT2D eigenvalue weighted by Crippen LogP contribution is 2.03. The second-order valence-corrected chi connectivity index (χ2v) is 3.94. The highest BCUT2D eigenvalue weighted by atomic mass is 16.1. The van der Waals surface area contributed by atoms with E-state index in [1.54, 1.807) is 31.2 Å². The standard InChI is InChI=1S/C13H13N3O2/c1-9-15-12(14)7-13(18)16(9)8-11(17)10-5-3-2-4-6-10/h2-7H,8,14H2,1H3. The Bertz CT molecular complexity index is 632. The highest BCUT2D eigenvalue weighted by Gasteiger charge is 2.10. The van der Waals surface area contributed by atoms with Crippen molar-refractivity contribution in [1.82, 2.24) is 9.55 Å². The minimum absolute atomic E-state index is 0.0258. The van der Waals surface area contributed by atoms with Crippen LogP contribution in [0, 0.1) is 6.92 Å². The average molecular weight is 243 g/mol. The van der Waals surface area contributed by atoms with E-state index in [1.165, 1.54) is 10.6 Å². The number of anilines is 1. The molecule has 0 aliphatic carbocycles. The second-order valence-electron chi connectivity index (χ2n) is 3.94. The number of aryl methyl sites for hydroxylation is 1. The van der Waals surface area contributed by atoms with Crippen molar-refractivity contribution in [3.8, 4) is 0 Å². The van der Waals surface area contributed by atoms with Gasteiger partial charge in [0.25, 0.3) is 5.56 Å². The summed E-state index contributed by atoms with van der Waals surface area (Å²) in [5, 5.41) is 0. The minimum Gasteiger partial charge on any atom is -0.383 e. The van der Waals surface area contributed by atoms with Gasteiger partial charge in [0.1, 0.15) is 11.6 Å². The summed E-state index contributed by atoms with van der Waals surface area (Å²) in [4.78, 5) is 27.7. The molecule has 92 valence electrons. The van der Waals surface area contributed by atoms with Crippen LogP contribution in [0.1, 0.15) is 16.2 Å². The lowest BCUT2D eigenvalue weighted by Crippen LogP contribution is -2.27. The molecule has 18 heavy (non-hydrogen) atoms. The first-order valence-corrected chi connectivity index (χ1v) is 5.50. The van der Waals surface area contributed by atoms with E-state index < -0.39 is 0 Å². The van der Waals surface area contributed by atoms with Gasteiger partial charge in [-0.15, -0.1) is 0 Å². The van der Waals surface area contributed by atoms with Crippen LogP contribution in [0.25, 0.3) is 0 Å². The van der Waals surface area contributed by atoms with Gasteiger partial charge < -0.3 is 5.73 Å². The molecule has 5 heteroatoms. The topological polar surface area (TPSA) is 78.0 Å². The van der Waals surface area contributed by atoms with E-state index in [0.717, 1.165) is 0 Å². The third-order valence-corrected chi connectivity index (χ3v) is 2.62. The van der Waals surface area contributed by atoms with Gasteiger partial charge in [0.15, 0.2) is 5.78 Å². The second kappa shape index (κ2) is 4.83. The van der Waals surface area contributed by atoms with Crippen molar-refractivity contribution in [1.29, 1.82) is 0 Å². The molecular formula is C13H13N3O2. The number of nitrogens with two attached hydrogens (primary N) is 1. The van der Waals surface area contributed by atoms with Gasteiger partial charge in [0, 0.05) is 11.6 Å². The summed E-state index contributed by atoms with van der Waals surface area (Å²) in [6, 6.07) is 10.0. The van der Waals surface area contributed by atoms with E-state index >= 15 is 0 Å². The van der Waals surface area contributed by atoms with Gasteiger partial charge in [-0.2, -0.15) is 0 Å². The number of ketones is 1. The zero-order chi connectivity index (χ0) is 13.1. The summed E-state index contributed by atoms with van der Waals surface area (Å²) in [5.74, 6) is 0.470. The number of nitrogen functional groups attached to an aromatic ring is 1. The van der Waals surface area contributed by atoms with Crippen LogP contribution in [0.3, 0.4) is 0 Å². The van der Waals surface area contributed by atoms with Gasteiger partial charge >= 0.3 is 0 Å². The zero-order valence-electron chi connectivity index (χ0n) is 9.96. The van der Waals surface area contributed by atoms with Gasteiger partial charge in [0.05, 0.1) is 6.54 Å². The van der Waals surface area contributed by atoms with Gasteiger partial charge in [0.2, 0.25) is 0 Å². The number of Topliss-reactive ketones (excluding diaryl/α,β-unsaturated/α-hetero) is 1. The molecule has 0 amide bonds. The molecule has 0 bridgehead atoms. The normalized spacial score (nSPS) is 10.3. The fourth-order valence-electron chi connectivity index (χ4n) is 1.69. The maximum atomic E-state index is 12.0. The van der Waals surface area contributed by atoms with Crippen molar-refractivity contribution in [2.45, 2.75) is 13.5 Å². The Morgan fingerprint density at radius 2 is 2.00 bits per heavy atom. The maximum absolute atomic E-state index is 12.0. The largest absolute Gasteiger partial charge is 0.383 e. The van der Waals surface area contributed by atoms with Crippen molar-refractivity contribution >= 4 is 11.6 Å². The Kier molecular flexibility index (Phi) is 3.23. The number of hydrogen-bond acceptors (Lipinski definition) is 4. The van der Waals surface area contributed by atoms with Crippen molar-refractivity contribution in [3.05, 3.63) is 58.1 Å². The molecule has 0 unspecified atom stereocenters. The predicted molar refractivity (Wildman–Crippen MR) is 68.4 cm³/mol. The van der Waals surface area contributed by atoms with Crippen LogP contribution in [0.2, 0.25) is 0 Å². The molecule has 0 radical (unpaired) electrons. The molecule has 1 aromatic carbocycles. The molecule has 2 aromatic rings. The fraction of sp³-hybridized carbons (Fsp3) is 0.154. The number of carbonyl (C=O) groups is 1. The van der Waals surface area contributed by atoms with E-state index in [1.807, 2.05) is 6.07 Å². The number of nitrogens with zero attached hydrogens (tertiary/aromatic N) is 2. The Morgan fingerprint density at radius 3 is 2.61 bits per heavy atom. The number of aromatic nitrogens is 2. The van der Waals surface area contributed by atoms with Crippen LogP contribution in [0.5, 0.6) is 0 Å². The van der Waals surface area contributed by atoms with E-state index in [9.17, 15) is 9.59 Å². The number of carbonyl (C=O) groups excluding carboxylic acids is 1. The number of benzene rings is 1. The van der Waals surface area contributed by atoms with Crippen LogP contribution in [0.4, 0.5) is 5.82 Å². The van der Waals surface area contributed by atoms with Gasteiger partial charge in [-0.05, 0) is 6.92 Å². The van der Waals surface area contributed by atoms with E-state index in [0.29, 0.717) is 11.4 Å². The Balaban J connectivity index is 2.31. The van der Waals surface area contributed by atoms with Gasteiger partial charge in [-0.1, -0.05) is 30.3 Å². The first-order chi connectivity index (χ1) is 8.58. The molecule has 5 nitrogen and oxygen atoms in total. The van der Waals surface area contributed by atoms with E-state index in [2.05, 4.69) is 4.98 Å². The lowest BCUT2D eigenvalue weighted by atomic mass is 10.1. The van der Waals surface area contributed by atoms with E-state index in [-0.39, 0.29) is 23.7 Å². The molecule has 0 spiro atoms. The molecule has 0 atom stereocenters. The number of hydrogen-bond donors (Lipinski definition) is 1.